The van der Waals surface area contributed by atoms with Gasteiger partial charge in [0.25, 0.3) is 0 Å². The fraction of sp³-hybridized carbons (Fsp3) is 0.333. The van der Waals surface area contributed by atoms with Crippen molar-refractivity contribution >= 4 is 17.3 Å². The molecule has 0 bridgehead atoms. The van der Waals surface area contributed by atoms with Gasteiger partial charge in [-0.05, 0) is 31.0 Å². The van der Waals surface area contributed by atoms with Gasteiger partial charge in [-0.3, -0.25) is 0 Å². The van der Waals surface area contributed by atoms with Gasteiger partial charge in [-0.25, -0.2) is 4.39 Å². The number of halogens is 2. The van der Waals surface area contributed by atoms with Gasteiger partial charge in [-0.1, -0.05) is 11.6 Å². The average molecular weight is 186 g/mol. The first-order chi connectivity index (χ1) is 5.75. The molecule has 0 atom stereocenters. The molecule has 1 aromatic rings. The molecule has 0 aromatic heterocycles. The topological polar surface area (TPSA) is 12.0 Å². The van der Waals surface area contributed by atoms with Crippen LogP contribution in [0.25, 0.3) is 0 Å². The van der Waals surface area contributed by atoms with Gasteiger partial charge in [0.05, 0.1) is 10.7 Å². The molecule has 1 fully saturated rings. The fourth-order valence-electron chi connectivity index (χ4n) is 1.06. The Labute approximate surface area is 75.5 Å². The van der Waals surface area contributed by atoms with Crippen LogP contribution >= 0.6 is 11.6 Å². The van der Waals surface area contributed by atoms with Gasteiger partial charge in [0.15, 0.2) is 0 Å². The third-order valence-corrected chi connectivity index (χ3v) is 2.19. The molecule has 1 nitrogen and oxygen atoms in total. The summed E-state index contributed by atoms with van der Waals surface area (Å²) < 4.78 is 12.7. The van der Waals surface area contributed by atoms with E-state index in [1.165, 1.54) is 12.1 Å². The van der Waals surface area contributed by atoms with Crippen molar-refractivity contribution < 1.29 is 4.39 Å². The van der Waals surface area contributed by atoms with Crippen molar-refractivity contribution in [2.45, 2.75) is 18.9 Å². The molecule has 0 radical (unpaired) electrons. The summed E-state index contributed by atoms with van der Waals surface area (Å²) >= 11 is 5.84. The molecular formula is C9H9ClFN. The van der Waals surface area contributed by atoms with Crippen LogP contribution in [0.15, 0.2) is 18.2 Å². The molecular weight excluding hydrogens is 177 g/mol. The van der Waals surface area contributed by atoms with Gasteiger partial charge < -0.3 is 5.32 Å². The van der Waals surface area contributed by atoms with Gasteiger partial charge in [0, 0.05) is 6.04 Å². The summed E-state index contributed by atoms with van der Waals surface area (Å²) in [6.07, 6.45) is 2.32. The van der Waals surface area contributed by atoms with Crippen molar-refractivity contribution in [1.82, 2.24) is 0 Å². The summed E-state index contributed by atoms with van der Waals surface area (Å²) in [5.74, 6) is -0.248. The van der Waals surface area contributed by atoms with Crippen LogP contribution in [0.2, 0.25) is 5.02 Å². The zero-order valence-electron chi connectivity index (χ0n) is 6.48. The van der Waals surface area contributed by atoms with E-state index >= 15 is 0 Å². The van der Waals surface area contributed by atoms with E-state index < -0.39 is 0 Å². The highest BCUT2D eigenvalue weighted by atomic mass is 35.5. The molecule has 1 aliphatic carbocycles. The lowest BCUT2D eigenvalue weighted by Crippen LogP contribution is -2.01. The average Bonchev–Trinajstić information content (AvgIpc) is 2.81. The molecule has 0 amide bonds. The van der Waals surface area contributed by atoms with Crippen LogP contribution in [0.3, 0.4) is 0 Å². The minimum Gasteiger partial charge on any atom is -0.381 e. The SMILES string of the molecule is Fc1ccc(Cl)c(NC2CC2)c1. The number of anilines is 1. The predicted octanol–water partition coefficient (Wildman–Crippen LogP) is 3.05. The number of benzene rings is 1. The maximum atomic E-state index is 12.7. The van der Waals surface area contributed by atoms with Gasteiger partial charge in [-0.2, -0.15) is 0 Å². The summed E-state index contributed by atoms with van der Waals surface area (Å²) in [4.78, 5) is 0. The van der Waals surface area contributed by atoms with Crippen LogP contribution in [0, 0.1) is 5.82 Å². The predicted molar refractivity (Wildman–Crippen MR) is 48.1 cm³/mol. The van der Waals surface area contributed by atoms with E-state index in [9.17, 15) is 4.39 Å². The first-order valence-electron chi connectivity index (χ1n) is 3.97. The van der Waals surface area contributed by atoms with E-state index in [4.69, 9.17) is 11.6 Å². The Morgan fingerprint density at radius 3 is 2.83 bits per heavy atom. The molecule has 0 heterocycles. The molecule has 1 saturated carbocycles. The van der Waals surface area contributed by atoms with E-state index in [0.29, 0.717) is 16.8 Å². The second-order valence-electron chi connectivity index (χ2n) is 3.04. The van der Waals surface area contributed by atoms with E-state index in [2.05, 4.69) is 5.32 Å². The van der Waals surface area contributed by atoms with Gasteiger partial charge in [0.1, 0.15) is 5.82 Å². The van der Waals surface area contributed by atoms with Gasteiger partial charge in [0.2, 0.25) is 0 Å². The first kappa shape index (κ1) is 7.87. The normalized spacial score (nSPS) is 16.2. The summed E-state index contributed by atoms with van der Waals surface area (Å²) in [7, 11) is 0. The zero-order chi connectivity index (χ0) is 8.55. The van der Waals surface area contributed by atoms with Crippen molar-refractivity contribution in [1.29, 1.82) is 0 Å². The van der Waals surface area contributed by atoms with E-state index in [1.54, 1.807) is 6.07 Å². The lowest BCUT2D eigenvalue weighted by atomic mass is 10.3. The quantitative estimate of drug-likeness (QED) is 0.747. The molecule has 3 heteroatoms. The van der Waals surface area contributed by atoms with E-state index in [1.807, 2.05) is 0 Å². The molecule has 0 spiro atoms. The minimum atomic E-state index is -0.248. The van der Waals surface area contributed by atoms with Crippen molar-refractivity contribution in [2.75, 3.05) is 5.32 Å². The van der Waals surface area contributed by atoms with Crippen molar-refractivity contribution in [3.63, 3.8) is 0 Å². The molecule has 1 aromatic carbocycles. The summed E-state index contributed by atoms with van der Waals surface area (Å²) in [5.41, 5.74) is 0.708. The fourth-order valence-corrected chi connectivity index (χ4v) is 1.23. The molecule has 1 N–H and O–H groups in total. The molecule has 2 rings (SSSR count). The molecule has 12 heavy (non-hydrogen) atoms. The monoisotopic (exact) mass is 185 g/mol. The Kier molecular flexibility index (Phi) is 1.93. The number of hydrogen-bond donors (Lipinski definition) is 1. The number of nitrogens with one attached hydrogen (secondary N) is 1. The third kappa shape index (κ3) is 1.69. The lowest BCUT2D eigenvalue weighted by molar-refractivity contribution is 0.628. The Morgan fingerprint density at radius 2 is 2.17 bits per heavy atom. The van der Waals surface area contributed by atoms with Crippen LogP contribution in [0.1, 0.15) is 12.8 Å². The van der Waals surface area contributed by atoms with Crippen molar-refractivity contribution in [3.8, 4) is 0 Å². The Hall–Kier alpha value is -0.760. The number of rotatable bonds is 2. The molecule has 1 aliphatic rings. The second-order valence-corrected chi connectivity index (χ2v) is 3.45. The third-order valence-electron chi connectivity index (χ3n) is 1.87. The maximum Gasteiger partial charge on any atom is 0.125 e. The second kappa shape index (κ2) is 2.94. The molecule has 0 saturated heterocycles. The van der Waals surface area contributed by atoms with Crippen LogP contribution in [0.5, 0.6) is 0 Å². The highest BCUT2D eigenvalue weighted by molar-refractivity contribution is 6.33. The maximum absolute atomic E-state index is 12.7. The molecule has 0 unspecified atom stereocenters. The van der Waals surface area contributed by atoms with Crippen LogP contribution in [-0.4, -0.2) is 6.04 Å². The van der Waals surface area contributed by atoms with Gasteiger partial charge in [-0.15, -0.1) is 0 Å². The zero-order valence-corrected chi connectivity index (χ0v) is 7.24. The Morgan fingerprint density at radius 1 is 1.42 bits per heavy atom. The Bertz CT molecular complexity index is 297. The Balaban J connectivity index is 2.21. The van der Waals surface area contributed by atoms with Crippen LogP contribution in [0.4, 0.5) is 10.1 Å². The summed E-state index contributed by atoms with van der Waals surface area (Å²) in [5, 5.41) is 3.74. The highest BCUT2D eigenvalue weighted by Crippen LogP contribution is 2.29. The summed E-state index contributed by atoms with van der Waals surface area (Å²) in [6.45, 7) is 0. The van der Waals surface area contributed by atoms with Gasteiger partial charge >= 0.3 is 0 Å². The van der Waals surface area contributed by atoms with E-state index in [0.717, 1.165) is 12.8 Å². The molecule has 0 aliphatic heterocycles. The smallest absolute Gasteiger partial charge is 0.125 e. The standard InChI is InChI=1S/C9H9ClFN/c10-8-4-1-6(11)5-9(8)12-7-2-3-7/h1,4-5,7,12H,2-3H2. The van der Waals surface area contributed by atoms with Crippen molar-refractivity contribution in [3.05, 3.63) is 29.0 Å². The minimum absolute atomic E-state index is 0.248. The largest absolute Gasteiger partial charge is 0.381 e. The highest BCUT2D eigenvalue weighted by Gasteiger charge is 2.21. The van der Waals surface area contributed by atoms with Crippen LogP contribution in [-0.2, 0) is 0 Å². The van der Waals surface area contributed by atoms with Crippen LogP contribution < -0.4 is 5.32 Å². The van der Waals surface area contributed by atoms with Crippen molar-refractivity contribution in [2.24, 2.45) is 0 Å². The molecule has 64 valence electrons. The first-order valence-corrected chi connectivity index (χ1v) is 4.35. The number of hydrogen-bond acceptors (Lipinski definition) is 1. The van der Waals surface area contributed by atoms with E-state index in [-0.39, 0.29) is 5.82 Å². The lowest BCUT2D eigenvalue weighted by Gasteiger charge is -2.05. The summed E-state index contributed by atoms with van der Waals surface area (Å²) in [6, 6.07) is 4.87.